The number of sulfonamides is 1. The fourth-order valence-corrected chi connectivity index (χ4v) is 3.65. The van der Waals surface area contributed by atoms with Crippen LogP contribution in [0, 0.1) is 0 Å². The largest absolute Gasteiger partial charge is 0.487 e. The summed E-state index contributed by atoms with van der Waals surface area (Å²) < 4.78 is 31.6. The van der Waals surface area contributed by atoms with Gasteiger partial charge in [-0.1, -0.05) is 0 Å². The predicted octanol–water partition coefficient (Wildman–Crippen LogP) is 2.27. The molecule has 1 unspecified atom stereocenters. The molecule has 22 heavy (non-hydrogen) atoms. The summed E-state index contributed by atoms with van der Waals surface area (Å²) in [7, 11) is -1.86. The quantitative estimate of drug-likeness (QED) is 0.917. The molecule has 0 radical (unpaired) electrons. The maximum Gasteiger partial charge on any atom is 0.335 e. The van der Waals surface area contributed by atoms with Crippen molar-refractivity contribution in [3.05, 3.63) is 29.3 Å². The molecule has 1 aliphatic heterocycles. The van der Waals surface area contributed by atoms with Crippen LogP contribution in [0.1, 0.15) is 49.2 Å². The Morgan fingerprint density at radius 1 is 1.45 bits per heavy atom. The molecule has 2 rings (SSSR count). The highest BCUT2D eigenvalue weighted by molar-refractivity contribution is 7.89. The highest BCUT2D eigenvalue weighted by atomic mass is 32.2. The van der Waals surface area contributed by atoms with Crippen molar-refractivity contribution in [2.45, 2.75) is 38.8 Å². The van der Waals surface area contributed by atoms with Crippen LogP contribution in [-0.4, -0.2) is 42.2 Å². The Morgan fingerprint density at radius 2 is 2.09 bits per heavy atom. The third-order valence-corrected chi connectivity index (χ3v) is 5.79. The minimum absolute atomic E-state index is 0.00472. The molecule has 1 N–H and O–H groups in total. The van der Waals surface area contributed by atoms with E-state index in [0.29, 0.717) is 17.7 Å². The summed E-state index contributed by atoms with van der Waals surface area (Å²) in [4.78, 5) is 11.2. The fourth-order valence-electron chi connectivity index (χ4n) is 2.67. The van der Waals surface area contributed by atoms with Gasteiger partial charge in [-0.3, -0.25) is 0 Å². The maximum atomic E-state index is 12.2. The van der Waals surface area contributed by atoms with E-state index in [1.165, 1.54) is 23.5 Å². The van der Waals surface area contributed by atoms with E-state index in [-0.39, 0.29) is 11.3 Å². The topological polar surface area (TPSA) is 83.9 Å². The lowest BCUT2D eigenvalue weighted by molar-refractivity contribution is 0.0539. The van der Waals surface area contributed by atoms with Crippen molar-refractivity contribution in [2.75, 3.05) is 12.8 Å². The van der Waals surface area contributed by atoms with Crippen LogP contribution in [0.2, 0.25) is 0 Å². The van der Waals surface area contributed by atoms with Crippen LogP contribution in [-0.2, 0) is 10.0 Å². The number of hydrogen-bond donors (Lipinski definition) is 1. The SMILES string of the molecule is CCS(=O)(=O)N(C)C1CC(C)(C)Oc2ccc(C(=O)O)cc21. The molecule has 1 atom stereocenters. The Kier molecular flexibility index (Phi) is 4.23. The molecule has 1 heterocycles. The summed E-state index contributed by atoms with van der Waals surface area (Å²) in [5.41, 5.74) is 0.188. The standard InChI is InChI=1S/C15H21NO5S/c1-5-22(19,20)16(4)12-9-15(2,3)21-13-7-6-10(14(17)18)8-11(12)13/h6-8,12H,5,9H2,1-4H3,(H,17,18). The average Bonchev–Trinajstić information content (AvgIpc) is 2.44. The Morgan fingerprint density at radius 3 is 2.64 bits per heavy atom. The third kappa shape index (κ3) is 3.10. The number of carboxylic acid groups (broad SMARTS) is 1. The van der Waals surface area contributed by atoms with Gasteiger partial charge in [0, 0.05) is 19.0 Å². The molecule has 0 saturated heterocycles. The molecule has 0 aromatic heterocycles. The zero-order valence-electron chi connectivity index (χ0n) is 13.2. The van der Waals surface area contributed by atoms with Gasteiger partial charge in [0.05, 0.1) is 17.4 Å². The van der Waals surface area contributed by atoms with Crippen molar-refractivity contribution in [3.8, 4) is 5.75 Å². The first-order chi connectivity index (χ1) is 10.1. The number of carbonyl (C=O) groups is 1. The molecule has 0 bridgehead atoms. The van der Waals surface area contributed by atoms with E-state index in [0.717, 1.165) is 0 Å². The number of hydrogen-bond acceptors (Lipinski definition) is 4. The van der Waals surface area contributed by atoms with Crippen LogP contribution in [0.4, 0.5) is 0 Å². The molecule has 6 nitrogen and oxygen atoms in total. The molecule has 1 aromatic carbocycles. The second kappa shape index (κ2) is 5.55. The number of benzene rings is 1. The zero-order chi connectivity index (χ0) is 16.7. The van der Waals surface area contributed by atoms with E-state index in [1.807, 2.05) is 13.8 Å². The Bertz CT molecular complexity index is 696. The number of carboxylic acids is 1. The van der Waals surface area contributed by atoms with E-state index >= 15 is 0 Å². The predicted molar refractivity (Wildman–Crippen MR) is 82.7 cm³/mol. The van der Waals surface area contributed by atoms with Gasteiger partial charge in [0.25, 0.3) is 0 Å². The van der Waals surface area contributed by atoms with Crippen LogP contribution in [0.3, 0.4) is 0 Å². The van der Waals surface area contributed by atoms with E-state index < -0.39 is 27.6 Å². The van der Waals surface area contributed by atoms with Crippen molar-refractivity contribution in [1.82, 2.24) is 4.31 Å². The molecule has 1 aliphatic rings. The molecule has 7 heteroatoms. The first-order valence-electron chi connectivity index (χ1n) is 7.09. The van der Waals surface area contributed by atoms with Crippen molar-refractivity contribution in [3.63, 3.8) is 0 Å². The van der Waals surface area contributed by atoms with E-state index in [9.17, 15) is 13.2 Å². The highest BCUT2D eigenvalue weighted by Crippen LogP contribution is 2.43. The van der Waals surface area contributed by atoms with E-state index in [2.05, 4.69) is 0 Å². The number of ether oxygens (including phenoxy) is 1. The number of rotatable bonds is 4. The fraction of sp³-hybridized carbons (Fsp3) is 0.533. The second-order valence-electron chi connectivity index (χ2n) is 6.06. The van der Waals surface area contributed by atoms with Gasteiger partial charge in [-0.2, -0.15) is 4.31 Å². The number of fused-ring (bicyclic) bond motifs is 1. The minimum atomic E-state index is -3.39. The maximum absolute atomic E-state index is 12.2. The Hall–Kier alpha value is -1.60. The van der Waals surface area contributed by atoms with Gasteiger partial charge in [0.15, 0.2) is 0 Å². The highest BCUT2D eigenvalue weighted by Gasteiger charge is 2.39. The van der Waals surface area contributed by atoms with Crippen LogP contribution < -0.4 is 4.74 Å². The van der Waals surface area contributed by atoms with Crippen molar-refractivity contribution in [2.24, 2.45) is 0 Å². The van der Waals surface area contributed by atoms with Crippen LogP contribution >= 0.6 is 0 Å². The Labute approximate surface area is 130 Å². The molecular weight excluding hydrogens is 306 g/mol. The molecule has 0 amide bonds. The van der Waals surface area contributed by atoms with E-state index in [1.54, 1.807) is 13.0 Å². The van der Waals surface area contributed by atoms with Crippen molar-refractivity contribution in [1.29, 1.82) is 0 Å². The summed E-state index contributed by atoms with van der Waals surface area (Å²) in [6.07, 6.45) is 0.457. The molecule has 0 fully saturated rings. The van der Waals surface area contributed by atoms with Gasteiger partial charge in [-0.25, -0.2) is 13.2 Å². The lowest BCUT2D eigenvalue weighted by Gasteiger charge is -2.40. The lowest BCUT2D eigenvalue weighted by Crippen LogP contribution is -2.42. The molecule has 1 aromatic rings. The van der Waals surface area contributed by atoms with Crippen LogP contribution in [0.15, 0.2) is 18.2 Å². The number of aromatic carboxylic acids is 1. The second-order valence-corrected chi connectivity index (χ2v) is 8.37. The normalized spacial score (nSPS) is 20.3. The van der Waals surface area contributed by atoms with Gasteiger partial charge in [0.2, 0.25) is 10.0 Å². The molecular formula is C15H21NO5S. The molecule has 0 saturated carbocycles. The first-order valence-corrected chi connectivity index (χ1v) is 8.70. The average molecular weight is 327 g/mol. The summed E-state index contributed by atoms with van der Waals surface area (Å²) >= 11 is 0. The van der Waals surface area contributed by atoms with Gasteiger partial charge in [0.1, 0.15) is 11.4 Å². The van der Waals surface area contributed by atoms with Crippen molar-refractivity contribution < 1.29 is 23.1 Å². The molecule has 0 aliphatic carbocycles. The summed E-state index contributed by atoms with van der Waals surface area (Å²) in [6, 6.07) is 4.12. The summed E-state index contributed by atoms with van der Waals surface area (Å²) in [6.45, 7) is 5.37. The van der Waals surface area contributed by atoms with Gasteiger partial charge in [-0.05, 0) is 39.0 Å². The third-order valence-electron chi connectivity index (χ3n) is 3.93. The lowest BCUT2D eigenvalue weighted by atomic mass is 9.89. The monoisotopic (exact) mass is 327 g/mol. The first kappa shape index (κ1) is 16.8. The van der Waals surface area contributed by atoms with Crippen molar-refractivity contribution >= 4 is 16.0 Å². The molecule has 0 spiro atoms. The summed E-state index contributed by atoms with van der Waals surface area (Å²) in [5.74, 6) is -0.522. The zero-order valence-corrected chi connectivity index (χ0v) is 14.0. The van der Waals surface area contributed by atoms with Crippen LogP contribution in [0.25, 0.3) is 0 Å². The van der Waals surface area contributed by atoms with Gasteiger partial charge >= 0.3 is 5.97 Å². The minimum Gasteiger partial charge on any atom is -0.487 e. The molecule has 122 valence electrons. The van der Waals surface area contributed by atoms with Gasteiger partial charge in [-0.15, -0.1) is 0 Å². The smallest absolute Gasteiger partial charge is 0.335 e. The Balaban J connectivity index is 2.56. The van der Waals surface area contributed by atoms with E-state index in [4.69, 9.17) is 9.84 Å². The summed E-state index contributed by atoms with van der Waals surface area (Å²) in [5, 5.41) is 9.15. The van der Waals surface area contributed by atoms with Crippen LogP contribution in [0.5, 0.6) is 5.75 Å². The number of nitrogens with zero attached hydrogens (tertiary/aromatic N) is 1. The van der Waals surface area contributed by atoms with Gasteiger partial charge < -0.3 is 9.84 Å².